The van der Waals surface area contributed by atoms with Crippen molar-refractivity contribution >= 4 is 33.1 Å². The Kier molecular flexibility index (Phi) is 9.11. The van der Waals surface area contributed by atoms with Gasteiger partial charge in [0.25, 0.3) is 0 Å². The van der Waals surface area contributed by atoms with E-state index in [1.54, 1.807) is 6.20 Å². The van der Waals surface area contributed by atoms with Crippen molar-refractivity contribution in [2.75, 3.05) is 0 Å². The topological polar surface area (TPSA) is 56.7 Å². The third kappa shape index (κ3) is 6.39. The smallest absolute Gasteiger partial charge is 0.168 e. The van der Waals surface area contributed by atoms with Crippen LogP contribution in [0, 0.1) is 12.1 Å². The molecule has 4 aromatic heterocycles. The number of imidazole rings is 1. The minimum Gasteiger partial charge on any atom is -0.501 e. The number of aromatic nitrogens is 4. The standard InChI is InChI=1S/C33H24N3O.C11H8N.Ir/c1-21(2)23-16-17-25-26-14-9-15-27(31(26)37-30(25)20-23)33-35-32-29(36(33)24-12-7-4-8-13-24)19-18-28(34-32)22-10-5-3-6-11-22;1-2-6-10(7-3-1)11-8-4-5-9-12-11;/h3-14,16-21H,1-2H3;1-6,8-9H;/q2*-1;/i21D;;. The van der Waals surface area contributed by atoms with Gasteiger partial charge < -0.3 is 14.0 Å². The summed E-state index contributed by atoms with van der Waals surface area (Å²) in [5.74, 6) is 0.000506. The molecule has 5 aromatic carbocycles. The second-order valence-electron chi connectivity index (χ2n) is 11.9. The van der Waals surface area contributed by atoms with Crippen molar-refractivity contribution in [1.82, 2.24) is 19.5 Å². The van der Waals surface area contributed by atoms with Gasteiger partial charge in [-0.1, -0.05) is 97.6 Å². The van der Waals surface area contributed by atoms with Gasteiger partial charge in [-0.2, -0.15) is 0 Å². The number of benzene rings is 5. The summed E-state index contributed by atoms with van der Waals surface area (Å²) in [6.45, 7) is 3.77. The van der Waals surface area contributed by atoms with Gasteiger partial charge in [-0.3, -0.25) is 4.98 Å². The number of para-hydroxylation sites is 1. The molecule has 0 spiro atoms. The molecule has 0 bridgehead atoms. The molecule has 0 saturated heterocycles. The zero-order valence-electron chi connectivity index (χ0n) is 28.5. The number of fused-ring (bicyclic) bond motifs is 4. The van der Waals surface area contributed by atoms with E-state index in [0.29, 0.717) is 5.65 Å². The van der Waals surface area contributed by atoms with Crippen molar-refractivity contribution in [3.05, 3.63) is 169 Å². The number of nitrogens with zero attached hydrogens (tertiary/aromatic N) is 4. The van der Waals surface area contributed by atoms with Crippen molar-refractivity contribution in [3.8, 4) is 39.6 Å². The molecule has 0 aliphatic carbocycles. The van der Waals surface area contributed by atoms with Crippen LogP contribution >= 0.6 is 0 Å². The molecule has 6 heteroatoms. The van der Waals surface area contributed by atoms with Crippen LogP contribution in [0.4, 0.5) is 0 Å². The zero-order chi connectivity index (χ0) is 34.1. The molecule has 9 rings (SSSR count). The van der Waals surface area contributed by atoms with Gasteiger partial charge in [0.2, 0.25) is 0 Å². The van der Waals surface area contributed by atoms with Gasteiger partial charge in [-0.25, -0.2) is 4.98 Å². The molecule has 0 aliphatic rings. The maximum Gasteiger partial charge on any atom is 0.168 e. The fourth-order valence-electron chi connectivity index (χ4n) is 6.03. The van der Waals surface area contributed by atoms with Crippen LogP contribution in [0.5, 0.6) is 0 Å². The van der Waals surface area contributed by atoms with Crippen molar-refractivity contribution < 1.29 is 25.9 Å². The number of hydrogen-bond donors (Lipinski definition) is 0. The Morgan fingerprint density at radius 1 is 0.700 bits per heavy atom. The first kappa shape index (κ1) is 31.6. The minimum absolute atomic E-state index is 0. The molecule has 0 saturated carbocycles. The Bertz CT molecular complexity index is 2530. The molecule has 0 atom stereocenters. The third-order valence-electron chi connectivity index (χ3n) is 8.49. The van der Waals surface area contributed by atoms with E-state index in [9.17, 15) is 0 Å². The predicted octanol–water partition coefficient (Wildman–Crippen LogP) is 11.1. The molecule has 4 heterocycles. The van der Waals surface area contributed by atoms with E-state index in [1.165, 1.54) is 0 Å². The normalized spacial score (nSPS) is 11.5. The molecule has 0 aliphatic heterocycles. The Morgan fingerprint density at radius 3 is 2.22 bits per heavy atom. The Balaban J connectivity index is 0.000000265. The quantitative estimate of drug-likeness (QED) is 0.162. The molecule has 0 N–H and O–H groups in total. The van der Waals surface area contributed by atoms with Gasteiger partial charge in [0, 0.05) is 44.3 Å². The summed E-state index contributed by atoms with van der Waals surface area (Å²) in [7, 11) is 0. The van der Waals surface area contributed by atoms with Crippen LogP contribution in [-0.2, 0) is 20.1 Å². The number of rotatable bonds is 5. The maximum absolute atomic E-state index is 8.46. The number of hydrogen-bond acceptors (Lipinski definition) is 4. The van der Waals surface area contributed by atoms with E-state index in [1.807, 2.05) is 129 Å². The van der Waals surface area contributed by atoms with E-state index in [2.05, 4.69) is 52.0 Å². The van der Waals surface area contributed by atoms with Crippen LogP contribution in [0.2, 0.25) is 0 Å². The second-order valence-corrected chi connectivity index (χ2v) is 11.9. The maximum atomic E-state index is 8.46. The van der Waals surface area contributed by atoms with Crippen molar-refractivity contribution in [3.63, 3.8) is 0 Å². The van der Waals surface area contributed by atoms with Crippen LogP contribution < -0.4 is 0 Å². The summed E-state index contributed by atoms with van der Waals surface area (Å²) in [6.07, 6.45) is 1.79. The first-order valence-electron chi connectivity index (χ1n) is 16.7. The van der Waals surface area contributed by atoms with Crippen LogP contribution in [0.3, 0.4) is 0 Å². The van der Waals surface area contributed by atoms with Crippen LogP contribution in [0.25, 0.3) is 72.7 Å². The van der Waals surface area contributed by atoms with Crippen LogP contribution in [-0.4, -0.2) is 19.5 Å². The average molecular weight is 826 g/mol. The van der Waals surface area contributed by atoms with Gasteiger partial charge in [-0.15, -0.1) is 54.1 Å². The molecule has 0 unspecified atom stereocenters. The monoisotopic (exact) mass is 826 g/mol. The van der Waals surface area contributed by atoms with Gasteiger partial charge >= 0.3 is 0 Å². The fraction of sp³-hybridized carbons (Fsp3) is 0.0682. The summed E-state index contributed by atoms with van der Waals surface area (Å²) in [4.78, 5) is 14.2. The van der Waals surface area contributed by atoms with Gasteiger partial charge in [0.05, 0.1) is 22.6 Å². The Labute approximate surface area is 306 Å². The molecular weight excluding hydrogens is 793 g/mol. The molecule has 9 aromatic rings. The average Bonchev–Trinajstić information content (AvgIpc) is 3.74. The Hall–Kier alpha value is -5.68. The zero-order valence-corrected chi connectivity index (χ0v) is 29.9. The van der Waals surface area contributed by atoms with E-state index >= 15 is 0 Å². The molecular formula is C44H32IrN4O-2. The van der Waals surface area contributed by atoms with Gasteiger partial charge in [-0.05, 0) is 53.5 Å². The van der Waals surface area contributed by atoms with Crippen molar-refractivity contribution in [2.45, 2.75) is 19.7 Å². The molecule has 0 fully saturated rings. The largest absolute Gasteiger partial charge is 0.501 e. The summed E-state index contributed by atoms with van der Waals surface area (Å²) < 4.78 is 17.0. The minimum atomic E-state index is -0.717. The predicted molar refractivity (Wildman–Crippen MR) is 198 cm³/mol. The SMILES string of the molecule is [2H]C(C)(C)c1ccc2c(c1)oc1c(-c3nc4nc(-c5ccccc5)ccc4n3-c3ccccc3)[c-]ccc12.[Ir].[c-]1ccccc1-c1ccccn1. The van der Waals surface area contributed by atoms with E-state index < -0.39 is 5.89 Å². The summed E-state index contributed by atoms with van der Waals surface area (Å²) >= 11 is 0. The Morgan fingerprint density at radius 2 is 1.48 bits per heavy atom. The molecule has 1 radical (unpaired) electrons. The number of pyridine rings is 2. The molecule has 245 valence electrons. The summed E-state index contributed by atoms with van der Waals surface area (Å²) in [5.41, 5.74) is 9.63. The van der Waals surface area contributed by atoms with Crippen LogP contribution in [0.1, 0.15) is 26.7 Å². The first-order valence-corrected chi connectivity index (χ1v) is 16.2. The van der Waals surface area contributed by atoms with E-state index in [0.717, 1.165) is 72.6 Å². The van der Waals surface area contributed by atoms with Gasteiger partial charge in [0.15, 0.2) is 5.65 Å². The third-order valence-corrected chi connectivity index (χ3v) is 8.49. The summed E-state index contributed by atoms with van der Waals surface area (Å²) in [6, 6.07) is 54.6. The van der Waals surface area contributed by atoms with Crippen molar-refractivity contribution in [2.24, 2.45) is 0 Å². The van der Waals surface area contributed by atoms with E-state index in [4.69, 9.17) is 15.8 Å². The molecule has 50 heavy (non-hydrogen) atoms. The van der Waals surface area contributed by atoms with Crippen LogP contribution in [0.15, 0.2) is 156 Å². The molecule has 5 nitrogen and oxygen atoms in total. The van der Waals surface area contributed by atoms with E-state index in [-0.39, 0.29) is 20.1 Å². The van der Waals surface area contributed by atoms with Gasteiger partial charge in [0.1, 0.15) is 5.58 Å². The summed E-state index contributed by atoms with van der Waals surface area (Å²) in [5, 5.41) is 2.00. The van der Waals surface area contributed by atoms with Crippen molar-refractivity contribution in [1.29, 1.82) is 0 Å². The fourth-order valence-corrected chi connectivity index (χ4v) is 6.03. The second kappa shape index (κ2) is 14.4. The first-order chi connectivity index (χ1) is 24.4. The molecule has 0 amide bonds. The number of furan rings is 1.